The summed E-state index contributed by atoms with van der Waals surface area (Å²) < 4.78 is 28.5. The molecule has 0 aliphatic carbocycles. The number of halogens is 1. The van der Waals surface area contributed by atoms with Crippen LogP contribution in [0.4, 0.5) is 5.69 Å². The molecule has 0 aromatic heterocycles. The number of sulfonamides is 1. The van der Waals surface area contributed by atoms with Crippen molar-refractivity contribution in [1.29, 1.82) is 0 Å². The molecule has 2 N–H and O–H groups in total. The van der Waals surface area contributed by atoms with Gasteiger partial charge in [-0.1, -0.05) is 40.2 Å². The molecule has 0 spiro atoms. The highest BCUT2D eigenvalue weighted by Gasteiger charge is 2.20. The Morgan fingerprint density at radius 2 is 1.96 bits per heavy atom. The fraction of sp³-hybridized carbons (Fsp3) is 0.118. The summed E-state index contributed by atoms with van der Waals surface area (Å²) in [6.45, 7) is 5.54. The molecule has 0 saturated heterocycles. The van der Waals surface area contributed by atoms with Gasteiger partial charge >= 0.3 is 0 Å². The second kappa shape index (κ2) is 7.63. The van der Waals surface area contributed by atoms with Crippen LogP contribution in [-0.2, 0) is 10.0 Å². The third-order valence-electron chi connectivity index (χ3n) is 3.26. The van der Waals surface area contributed by atoms with Crippen molar-refractivity contribution in [1.82, 2.24) is 5.32 Å². The van der Waals surface area contributed by atoms with E-state index in [1.807, 2.05) is 0 Å². The molecule has 0 saturated carbocycles. The Balaban J connectivity index is 2.38. The van der Waals surface area contributed by atoms with Gasteiger partial charge in [0.1, 0.15) is 0 Å². The number of benzene rings is 2. The summed E-state index contributed by atoms with van der Waals surface area (Å²) in [6.07, 6.45) is 1.55. The summed E-state index contributed by atoms with van der Waals surface area (Å²) in [6, 6.07) is 11.4. The summed E-state index contributed by atoms with van der Waals surface area (Å²) in [5.74, 6) is -0.376. The highest BCUT2D eigenvalue weighted by atomic mass is 79.9. The van der Waals surface area contributed by atoms with Crippen molar-refractivity contribution in [3.05, 3.63) is 70.7 Å². The summed E-state index contributed by atoms with van der Waals surface area (Å²) >= 11 is 3.27. The zero-order valence-electron chi connectivity index (χ0n) is 13.0. The van der Waals surface area contributed by atoms with E-state index < -0.39 is 10.0 Å². The number of para-hydroxylation sites is 1. The summed E-state index contributed by atoms with van der Waals surface area (Å²) in [7, 11) is -3.82. The Kier molecular flexibility index (Phi) is 5.80. The van der Waals surface area contributed by atoms with Crippen LogP contribution in [0.15, 0.2) is 64.5 Å². The maximum Gasteiger partial charge on any atom is 0.262 e. The van der Waals surface area contributed by atoms with E-state index in [4.69, 9.17) is 0 Å². The molecule has 24 heavy (non-hydrogen) atoms. The number of anilines is 1. The van der Waals surface area contributed by atoms with Gasteiger partial charge in [-0.2, -0.15) is 0 Å². The summed E-state index contributed by atoms with van der Waals surface area (Å²) in [5, 5.41) is 2.64. The first-order chi connectivity index (χ1) is 11.3. The Labute approximate surface area is 150 Å². The molecule has 126 valence electrons. The number of carbonyl (C=O) groups excluding carboxylic acids is 1. The van der Waals surface area contributed by atoms with E-state index in [0.717, 1.165) is 0 Å². The number of aryl methyl sites for hydroxylation is 1. The lowest BCUT2D eigenvalue weighted by molar-refractivity contribution is 0.0959. The normalized spacial score (nSPS) is 10.9. The van der Waals surface area contributed by atoms with Crippen molar-refractivity contribution in [3.63, 3.8) is 0 Å². The third-order valence-corrected chi connectivity index (χ3v) is 5.26. The van der Waals surface area contributed by atoms with Crippen LogP contribution in [0.3, 0.4) is 0 Å². The number of hydrogen-bond acceptors (Lipinski definition) is 3. The van der Waals surface area contributed by atoms with Gasteiger partial charge in [0, 0.05) is 11.0 Å². The van der Waals surface area contributed by atoms with Crippen molar-refractivity contribution in [2.24, 2.45) is 0 Å². The van der Waals surface area contributed by atoms with E-state index in [1.54, 1.807) is 49.4 Å². The van der Waals surface area contributed by atoms with Crippen LogP contribution < -0.4 is 10.0 Å². The number of nitrogens with one attached hydrogen (secondary N) is 2. The smallest absolute Gasteiger partial charge is 0.262 e. The van der Waals surface area contributed by atoms with Crippen molar-refractivity contribution in [3.8, 4) is 0 Å². The average molecular weight is 409 g/mol. The molecular weight excluding hydrogens is 392 g/mol. The van der Waals surface area contributed by atoms with Gasteiger partial charge in [0.25, 0.3) is 15.9 Å². The fourth-order valence-corrected chi connectivity index (χ4v) is 3.96. The lowest BCUT2D eigenvalue weighted by atomic mass is 10.1. The topological polar surface area (TPSA) is 75.3 Å². The monoisotopic (exact) mass is 408 g/mol. The molecule has 0 bridgehead atoms. The first kappa shape index (κ1) is 18.2. The zero-order valence-corrected chi connectivity index (χ0v) is 15.4. The average Bonchev–Trinajstić information content (AvgIpc) is 2.55. The van der Waals surface area contributed by atoms with Crippen molar-refractivity contribution >= 4 is 37.5 Å². The number of amides is 1. The van der Waals surface area contributed by atoms with Crippen LogP contribution >= 0.6 is 15.9 Å². The highest BCUT2D eigenvalue weighted by Crippen LogP contribution is 2.24. The SMILES string of the molecule is C=CCNC(=O)c1ccccc1NS(=O)(=O)c1cc(Br)ccc1C. The van der Waals surface area contributed by atoms with Crippen LogP contribution in [0.5, 0.6) is 0 Å². The quantitative estimate of drug-likeness (QED) is 0.718. The van der Waals surface area contributed by atoms with Crippen LogP contribution in [0.25, 0.3) is 0 Å². The zero-order chi connectivity index (χ0) is 17.7. The van der Waals surface area contributed by atoms with Gasteiger partial charge in [0.15, 0.2) is 0 Å². The van der Waals surface area contributed by atoms with Gasteiger partial charge < -0.3 is 5.32 Å². The minimum Gasteiger partial charge on any atom is -0.349 e. The van der Waals surface area contributed by atoms with E-state index in [0.29, 0.717) is 16.6 Å². The minimum absolute atomic E-state index is 0.151. The van der Waals surface area contributed by atoms with Crippen molar-refractivity contribution < 1.29 is 13.2 Å². The van der Waals surface area contributed by atoms with Gasteiger partial charge in [0.2, 0.25) is 0 Å². The lowest BCUT2D eigenvalue weighted by Crippen LogP contribution is -2.25. The molecule has 7 heteroatoms. The molecule has 0 heterocycles. The molecule has 1 amide bonds. The molecule has 2 aromatic carbocycles. The molecule has 2 rings (SSSR count). The third kappa shape index (κ3) is 4.24. The number of rotatable bonds is 6. The fourth-order valence-electron chi connectivity index (χ4n) is 2.09. The summed E-state index contributed by atoms with van der Waals surface area (Å²) in [4.78, 5) is 12.3. The molecule has 2 aromatic rings. The standard InChI is InChI=1S/C17H17BrN2O3S/c1-3-10-19-17(21)14-6-4-5-7-15(14)20-24(22,23)16-11-13(18)9-8-12(16)2/h3-9,11,20H,1,10H2,2H3,(H,19,21). The molecule has 0 aliphatic rings. The minimum atomic E-state index is -3.82. The van der Waals surface area contributed by atoms with E-state index in [-0.39, 0.29) is 22.1 Å². The largest absolute Gasteiger partial charge is 0.349 e. The maximum atomic E-state index is 12.7. The molecule has 0 unspecified atom stereocenters. The highest BCUT2D eigenvalue weighted by molar-refractivity contribution is 9.10. The molecule has 0 atom stereocenters. The molecule has 0 radical (unpaired) electrons. The first-order valence-corrected chi connectivity index (χ1v) is 9.40. The van der Waals surface area contributed by atoms with E-state index in [9.17, 15) is 13.2 Å². The predicted octanol–water partition coefficient (Wildman–Crippen LogP) is 3.47. The lowest BCUT2D eigenvalue weighted by Gasteiger charge is -2.14. The molecular formula is C17H17BrN2O3S. The van der Waals surface area contributed by atoms with E-state index in [1.165, 1.54) is 6.07 Å². The Hall–Kier alpha value is -2.12. The van der Waals surface area contributed by atoms with Gasteiger partial charge in [0.05, 0.1) is 16.1 Å². The van der Waals surface area contributed by atoms with Crippen LogP contribution in [-0.4, -0.2) is 20.9 Å². The molecule has 5 nitrogen and oxygen atoms in total. The van der Waals surface area contributed by atoms with E-state index >= 15 is 0 Å². The predicted molar refractivity (Wildman–Crippen MR) is 98.7 cm³/mol. The summed E-state index contributed by atoms with van der Waals surface area (Å²) in [5.41, 5.74) is 1.08. The van der Waals surface area contributed by atoms with Crippen LogP contribution in [0.1, 0.15) is 15.9 Å². The first-order valence-electron chi connectivity index (χ1n) is 7.12. The van der Waals surface area contributed by atoms with Crippen LogP contribution in [0, 0.1) is 6.92 Å². The van der Waals surface area contributed by atoms with Gasteiger partial charge in [-0.25, -0.2) is 8.42 Å². The van der Waals surface area contributed by atoms with Crippen molar-refractivity contribution in [2.75, 3.05) is 11.3 Å². The molecule has 0 aliphatic heterocycles. The Morgan fingerprint density at radius 1 is 1.25 bits per heavy atom. The molecule has 0 fully saturated rings. The maximum absolute atomic E-state index is 12.7. The van der Waals surface area contributed by atoms with Gasteiger partial charge in [-0.3, -0.25) is 9.52 Å². The van der Waals surface area contributed by atoms with Gasteiger partial charge in [-0.15, -0.1) is 6.58 Å². The van der Waals surface area contributed by atoms with Crippen LogP contribution in [0.2, 0.25) is 0 Å². The number of hydrogen-bond donors (Lipinski definition) is 2. The van der Waals surface area contributed by atoms with Gasteiger partial charge in [-0.05, 0) is 36.8 Å². The van der Waals surface area contributed by atoms with E-state index in [2.05, 4.69) is 32.5 Å². The Bertz CT molecular complexity index is 879. The second-order valence-electron chi connectivity index (χ2n) is 5.06. The number of carbonyl (C=O) groups is 1. The second-order valence-corrected chi connectivity index (χ2v) is 7.63. The Morgan fingerprint density at radius 3 is 2.67 bits per heavy atom. The van der Waals surface area contributed by atoms with Crippen molar-refractivity contribution in [2.45, 2.75) is 11.8 Å².